The van der Waals surface area contributed by atoms with E-state index in [-0.39, 0.29) is 0 Å². The summed E-state index contributed by atoms with van der Waals surface area (Å²) in [7, 11) is 0. The summed E-state index contributed by atoms with van der Waals surface area (Å²) in [5, 5.41) is 4.92. The number of nitrogens with zero attached hydrogens (tertiary/aromatic N) is 3. The Bertz CT molecular complexity index is 2470. The fraction of sp³-hybridized carbons (Fsp3) is 0. The molecule has 0 bridgehead atoms. The minimum atomic E-state index is 1.11. The van der Waals surface area contributed by atoms with Gasteiger partial charge in [0.15, 0.2) is 0 Å². The van der Waals surface area contributed by atoms with Crippen molar-refractivity contribution in [3.05, 3.63) is 164 Å². The number of hydrogen-bond acceptors (Lipinski definition) is 1. The minimum Gasteiger partial charge on any atom is -0.309 e. The van der Waals surface area contributed by atoms with Gasteiger partial charge in [0.2, 0.25) is 0 Å². The Hall–Kier alpha value is -5.93. The van der Waals surface area contributed by atoms with E-state index in [2.05, 4.69) is 166 Å². The van der Waals surface area contributed by atoms with E-state index < -0.39 is 0 Å². The van der Waals surface area contributed by atoms with Crippen molar-refractivity contribution in [3.8, 4) is 33.6 Å². The molecule has 206 valence electrons. The predicted molar refractivity (Wildman–Crippen MR) is 184 cm³/mol. The molecule has 0 aliphatic heterocycles. The van der Waals surface area contributed by atoms with Gasteiger partial charge in [0.25, 0.3) is 0 Å². The Morgan fingerprint density at radius 2 is 1.02 bits per heavy atom. The van der Waals surface area contributed by atoms with Crippen LogP contribution in [0, 0.1) is 0 Å². The molecule has 3 heterocycles. The molecule has 0 N–H and O–H groups in total. The third kappa shape index (κ3) is 3.73. The first-order valence-electron chi connectivity index (χ1n) is 15.0. The van der Waals surface area contributed by atoms with Gasteiger partial charge in [-0.15, -0.1) is 0 Å². The van der Waals surface area contributed by atoms with Gasteiger partial charge in [-0.3, -0.25) is 4.98 Å². The Morgan fingerprint density at radius 3 is 1.86 bits per heavy atom. The van der Waals surface area contributed by atoms with E-state index in [4.69, 9.17) is 0 Å². The van der Waals surface area contributed by atoms with Crippen LogP contribution in [0.25, 0.3) is 77.2 Å². The Labute approximate surface area is 254 Å². The van der Waals surface area contributed by atoms with E-state index in [0.29, 0.717) is 0 Å². The number of aromatic nitrogens is 3. The van der Waals surface area contributed by atoms with E-state index in [1.807, 2.05) is 12.4 Å². The maximum atomic E-state index is 4.49. The van der Waals surface area contributed by atoms with E-state index >= 15 is 0 Å². The van der Waals surface area contributed by atoms with Gasteiger partial charge in [0.05, 0.1) is 28.3 Å². The molecule has 0 spiro atoms. The van der Waals surface area contributed by atoms with Gasteiger partial charge in [-0.1, -0.05) is 103 Å². The number of para-hydroxylation sites is 3. The summed E-state index contributed by atoms with van der Waals surface area (Å²) in [4.78, 5) is 4.49. The largest absolute Gasteiger partial charge is 0.309 e. The number of rotatable bonds is 4. The molecule has 0 aliphatic rings. The summed E-state index contributed by atoms with van der Waals surface area (Å²) in [5.74, 6) is 0. The smallest absolute Gasteiger partial charge is 0.0724 e. The highest BCUT2D eigenvalue weighted by Gasteiger charge is 2.18. The fourth-order valence-electron chi connectivity index (χ4n) is 6.84. The Morgan fingerprint density at radius 1 is 0.386 bits per heavy atom. The minimum absolute atomic E-state index is 1.11. The molecule has 0 radical (unpaired) electrons. The number of benzene rings is 6. The van der Waals surface area contributed by atoms with Crippen LogP contribution in [0.2, 0.25) is 0 Å². The molecule has 9 aromatic rings. The van der Waals surface area contributed by atoms with E-state index in [9.17, 15) is 0 Å². The maximum Gasteiger partial charge on any atom is 0.0724 e. The van der Waals surface area contributed by atoms with Gasteiger partial charge < -0.3 is 9.13 Å². The normalized spacial score (nSPS) is 11.6. The van der Waals surface area contributed by atoms with Crippen LogP contribution in [0.3, 0.4) is 0 Å². The van der Waals surface area contributed by atoms with Crippen molar-refractivity contribution in [2.24, 2.45) is 0 Å². The molecule has 9 rings (SSSR count). The van der Waals surface area contributed by atoms with Gasteiger partial charge >= 0.3 is 0 Å². The summed E-state index contributed by atoms with van der Waals surface area (Å²) in [6, 6.07) is 54.5. The summed E-state index contributed by atoms with van der Waals surface area (Å²) < 4.78 is 4.74. The Kier molecular flexibility index (Phi) is 5.50. The molecule has 0 amide bonds. The topological polar surface area (TPSA) is 22.8 Å². The van der Waals surface area contributed by atoms with Gasteiger partial charge in [-0.25, -0.2) is 0 Å². The first-order chi connectivity index (χ1) is 21.8. The second kappa shape index (κ2) is 9.82. The fourth-order valence-corrected chi connectivity index (χ4v) is 6.84. The van der Waals surface area contributed by atoms with E-state index in [1.165, 1.54) is 60.3 Å². The monoisotopic (exact) mass is 561 g/mol. The molecule has 0 saturated heterocycles. The zero-order chi connectivity index (χ0) is 29.0. The lowest BCUT2D eigenvalue weighted by molar-refractivity contribution is 1.17. The molecule has 0 saturated carbocycles. The summed E-state index contributed by atoms with van der Waals surface area (Å²) in [5.41, 5.74) is 11.8. The molecule has 0 fully saturated rings. The lowest BCUT2D eigenvalue weighted by atomic mass is 10.00. The molecule has 3 aromatic heterocycles. The molecular weight excluding hydrogens is 534 g/mol. The summed E-state index contributed by atoms with van der Waals surface area (Å²) in [6.45, 7) is 0. The predicted octanol–water partition coefficient (Wildman–Crippen LogP) is 10.6. The molecule has 44 heavy (non-hydrogen) atoms. The Balaban J connectivity index is 1.29. The number of pyridine rings is 1. The first kappa shape index (κ1) is 24.6. The maximum absolute atomic E-state index is 4.49. The second-order valence-corrected chi connectivity index (χ2v) is 11.3. The average molecular weight is 562 g/mol. The molecule has 0 unspecified atom stereocenters. The zero-order valence-corrected chi connectivity index (χ0v) is 23.9. The van der Waals surface area contributed by atoms with E-state index in [0.717, 1.165) is 16.9 Å². The van der Waals surface area contributed by atoms with Gasteiger partial charge in [-0.2, -0.15) is 0 Å². The summed E-state index contributed by atoms with van der Waals surface area (Å²) >= 11 is 0. The van der Waals surface area contributed by atoms with Crippen LogP contribution >= 0.6 is 0 Å². The average Bonchev–Trinajstić information content (AvgIpc) is 3.62. The SMILES string of the molecule is c1ccc(-c2ccc(-n3c4ccccc4c4cccc(-c5ccc6c(c5)c5ccncc5n6-c5ccccc5)c43)cc2)cc1. The molecular formula is C41H27N3. The zero-order valence-electron chi connectivity index (χ0n) is 23.9. The van der Waals surface area contributed by atoms with E-state index in [1.54, 1.807) is 0 Å². The van der Waals surface area contributed by atoms with Crippen LogP contribution in [0.4, 0.5) is 0 Å². The van der Waals surface area contributed by atoms with Crippen LogP contribution < -0.4 is 0 Å². The number of fused-ring (bicyclic) bond motifs is 6. The van der Waals surface area contributed by atoms with Crippen LogP contribution in [0.15, 0.2) is 164 Å². The lowest BCUT2D eigenvalue weighted by Gasteiger charge is -2.13. The highest BCUT2D eigenvalue weighted by Crippen LogP contribution is 2.40. The lowest BCUT2D eigenvalue weighted by Crippen LogP contribution is -1.96. The van der Waals surface area contributed by atoms with Crippen molar-refractivity contribution in [2.75, 3.05) is 0 Å². The van der Waals surface area contributed by atoms with Crippen molar-refractivity contribution < 1.29 is 0 Å². The van der Waals surface area contributed by atoms with Crippen LogP contribution in [0.1, 0.15) is 0 Å². The molecule has 0 atom stereocenters. The first-order valence-corrected chi connectivity index (χ1v) is 15.0. The van der Waals surface area contributed by atoms with Crippen molar-refractivity contribution in [1.82, 2.24) is 14.1 Å². The van der Waals surface area contributed by atoms with Gasteiger partial charge in [0.1, 0.15) is 0 Å². The summed E-state index contributed by atoms with van der Waals surface area (Å²) in [6.07, 6.45) is 3.86. The van der Waals surface area contributed by atoms with Crippen molar-refractivity contribution in [3.63, 3.8) is 0 Å². The van der Waals surface area contributed by atoms with Crippen LogP contribution in [-0.4, -0.2) is 14.1 Å². The molecule has 3 heteroatoms. The van der Waals surface area contributed by atoms with Crippen molar-refractivity contribution >= 4 is 43.6 Å². The molecule has 0 aliphatic carbocycles. The highest BCUT2D eigenvalue weighted by molar-refractivity contribution is 6.15. The quantitative estimate of drug-likeness (QED) is 0.210. The third-order valence-corrected chi connectivity index (χ3v) is 8.82. The third-order valence-electron chi connectivity index (χ3n) is 8.82. The highest BCUT2D eigenvalue weighted by atomic mass is 15.0. The van der Waals surface area contributed by atoms with Crippen LogP contribution in [-0.2, 0) is 0 Å². The number of hydrogen-bond donors (Lipinski definition) is 0. The molecule has 6 aromatic carbocycles. The second-order valence-electron chi connectivity index (χ2n) is 11.3. The van der Waals surface area contributed by atoms with Crippen molar-refractivity contribution in [2.45, 2.75) is 0 Å². The van der Waals surface area contributed by atoms with Gasteiger partial charge in [0, 0.05) is 44.7 Å². The van der Waals surface area contributed by atoms with Crippen molar-refractivity contribution in [1.29, 1.82) is 0 Å². The standard InChI is InChI=1S/C41H27N3/c1-3-10-28(11-4-1)29-18-21-32(22-19-29)44-38-17-8-7-14-34(38)36-16-9-15-33(41(36)44)30-20-23-39-37(26-30)35-24-25-42-27-40(35)43(39)31-12-5-2-6-13-31/h1-27H. The van der Waals surface area contributed by atoms with Gasteiger partial charge in [-0.05, 0) is 65.2 Å². The molecule has 3 nitrogen and oxygen atoms in total. The van der Waals surface area contributed by atoms with Crippen LogP contribution in [0.5, 0.6) is 0 Å².